The molecule has 0 unspecified atom stereocenters. The van der Waals surface area contributed by atoms with Gasteiger partial charge in [-0.3, -0.25) is 9.69 Å². The second kappa shape index (κ2) is 9.80. The van der Waals surface area contributed by atoms with Crippen LogP contribution in [-0.4, -0.2) is 50.2 Å². The van der Waals surface area contributed by atoms with E-state index >= 15 is 0 Å². The second-order valence-corrected chi connectivity index (χ2v) is 6.49. The topological polar surface area (TPSA) is 32.8 Å². The number of hydrogen-bond donors (Lipinski definition) is 0. The lowest BCUT2D eigenvalue weighted by Gasteiger charge is -2.36. The van der Waals surface area contributed by atoms with Gasteiger partial charge in [0.25, 0.3) is 0 Å². The van der Waals surface area contributed by atoms with Crippen LogP contribution in [0.2, 0.25) is 0 Å². The zero-order chi connectivity index (χ0) is 19.0. The van der Waals surface area contributed by atoms with Crippen LogP contribution in [-0.2, 0) is 15.7 Å². The lowest BCUT2D eigenvalue weighted by molar-refractivity contribution is -0.143. The lowest BCUT2D eigenvalue weighted by Crippen LogP contribution is -2.46. The summed E-state index contributed by atoms with van der Waals surface area (Å²) in [6.07, 6.45) is -1.00. The van der Waals surface area contributed by atoms with Gasteiger partial charge in [0, 0.05) is 38.3 Å². The summed E-state index contributed by atoms with van der Waals surface area (Å²) in [7, 11) is 0. The summed E-state index contributed by atoms with van der Waals surface area (Å²) in [5.74, 6) is -0.137. The van der Waals surface area contributed by atoms with Crippen molar-refractivity contribution >= 4 is 11.7 Å². The van der Waals surface area contributed by atoms with E-state index in [1.165, 1.54) is 12.1 Å². The molecular weight excluding hydrogens is 345 g/mol. The molecule has 146 valence electrons. The van der Waals surface area contributed by atoms with Crippen LogP contribution in [0.4, 0.5) is 18.9 Å². The third-order valence-corrected chi connectivity index (χ3v) is 4.57. The van der Waals surface area contributed by atoms with Crippen LogP contribution in [0.3, 0.4) is 0 Å². The predicted octanol–water partition coefficient (Wildman–Crippen LogP) is 3.95. The molecule has 0 aromatic heterocycles. The predicted molar refractivity (Wildman–Crippen MR) is 95.2 cm³/mol. The first-order chi connectivity index (χ1) is 12.4. The highest BCUT2D eigenvalue weighted by atomic mass is 19.4. The fraction of sp³-hybridized carbons (Fsp3) is 0.632. The minimum atomic E-state index is -4.30. The van der Waals surface area contributed by atoms with Crippen LogP contribution in [0.15, 0.2) is 24.3 Å². The van der Waals surface area contributed by atoms with Crippen molar-refractivity contribution in [1.29, 1.82) is 0 Å². The molecule has 1 aromatic rings. The van der Waals surface area contributed by atoms with Gasteiger partial charge in [0.1, 0.15) is 0 Å². The Morgan fingerprint density at radius 1 is 1.12 bits per heavy atom. The number of unbranched alkanes of at least 4 members (excludes halogenated alkanes) is 2. The molecule has 0 radical (unpaired) electrons. The Labute approximate surface area is 152 Å². The highest BCUT2D eigenvalue weighted by Gasteiger charge is 2.31. The Bertz CT molecular complexity index is 570. The van der Waals surface area contributed by atoms with Crippen molar-refractivity contribution in [1.82, 2.24) is 4.90 Å². The zero-order valence-corrected chi connectivity index (χ0v) is 15.2. The highest BCUT2D eigenvalue weighted by Crippen LogP contribution is 2.31. The Hall–Kier alpha value is -1.76. The van der Waals surface area contributed by atoms with E-state index in [2.05, 4.69) is 4.90 Å². The highest BCUT2D eigenvalue weighted by molar-refractivity contribution is 5.69. The summed E-state index contributed by atoms with van der Waals surface area (Å²) in [6.45, 7) is 6.32. The lowest BCUT2D eigenvalue weighted by atomic mass is 10.1. The van der Waals surface area contributed by atoms with E-state index in [0.29, 0.717) is 18.7 Å². The first kappa shape index (κ1) is 20.6. The third-order valence-electron chi connectivity index (χ3n) is 4.57. The number of nitrogens with zero attached hydrogens (tertiary/aromatic N) is 2. The van der Waals surface area contributed by atoms with Gasteiger partial charge in [-0.25, -0.2) is 0 Å². The molecule has 1 fully saturated rings. The number of carbonyl (C=O) groups is 1. The molecule has 1 saturated heterocycles. The summed E-state index contributed by atoms with van der Waals surface area (Å²) in [4.78, 5) is 15.6. The zero-order valence-electron chi connectivity index (χ0n) is 15.2. The molecule has 1 aliphatic heterocycles. The summed E-state index contributed by atoms with van der Waals surface area (Å²) in [6, 6.07) is 5.54. The van der Waals surface area contributed by atoms with Crippen LogP contribution >= 0.6 is 0 Å². The molecule has 0 amide bonds. The maximum absolute atomic E-state index is 12.8. The number of piperazine rings is 1. The fourth-order valence-electron chi connectivity index (χ4n) is 3.12. The van der Waals surface area contributed by atoms with Crippen LogP contribution in [0, 0.1) is 0 Å². The van der Waals surface area contributed by atoms with Gasteiger partial charge in [0.15, 0.2) is 0 Å². The number of carbonyl (C=O) groups excluding carboxylic acids is 1. The molecular formula is C19H27F3N2O2. The van der Waals surface area contributed by atoms with Gasteiger partial charge in [-0.2, -0.15) is 13.2 Å². The average molecular weight is 372 g/mol. The molecule has 0 aliphatic carbocycles. The molecule has 1 aliphatic rings. The molecule has 2 rings (SSSR count). The molecule has 26 heavy (non-hydrogen) atoms. The van der Waals surface area contributed by atoms with Gasteiger partial charge < -0.3 is 9.64 Å². The Morgan fingerprint density at radius 2 is 1.85 bits per heavy atom. The second-order valence-electron chi connectivity index (χ2n) is 6.49. The van der Waals surface area contributed by atoms with Crippen molar-refractivity contribution in [2.24, 2.45) is 0 Å². The molecule has 0 atom stereocenters. The van der Waals surface area contributed by atoms with Gasteiger partial charge >= 0.3 is 12.1 Å². The minimum absolute atomic E-state index is 0.137. The maximum atomic E-state index is 12.8. The molecule has 7 heteroatoms. The number of halogens is 3. The Kier molecular flexibility index (Phi) is 7.75. The van der Waals surface area contributed by atoms with E-state index in [0.717, 1.165) is 58.1 Å². The monoisotopic (exact) mass is 372 g/mol. The van der Waals surface area contributed by atoms with Gasteiger partial charge in [0.05, 0.1) is 12.2 Å². The van der Waals surface area contributed by atoms with Crippen LogP contribution in [0.25, 0.3) is 0 Å². The van der Waals surface area contributed by atoms with E-state index in [-0.39, 0.29) is 5.97 Å². The largest absolute Gasteiger partial charge is 0.466 e. The van der Waals surface area contributed by atoms with Crippen molar-refractivity contribution in [3.8, 4) is 0 Å². The number of rotatable bonds is 8. The van der Waals surface area contributed by atoms with Crippen LogP contribution in [0.1, 0.15) is 38.2 Å². The molecule has 0 bridgehead atoms. The summed E-state index contributed by atoms with van der Waals surface area (Å²) >= 11 is 0. The number of benzene rings is 1. The summed E-state index contributed by atoms with van der Waals surface area (Å²) in [5.41, 5.74) is 0.0351. The van der Waals surface area contributed by atoms with Crippen molar-refractivity contribution in [2.75, 3.05) is 44.2 Å². The van der Waals surface area contributed by atoms with E-state index in [9.17, 15) is 18.0 Å². The first-order valence-electron chi connectivity index (χ1n) is 9.20. The fourth-order valence-corrected chi connectivity index (χ4v) is 3.12. The summed E-state index contributed by atoms with van der Waals surface area (Å²) < 4.78 is 43.4. The Morgan fingerprint density at radius 3 is 2.50 bits per heavy atom. The van der Waals surface area contributed by atoms with Crippen molar-refractivity contribution in [3.63, 3.8) is 0 Å². The van der Waals surface area contributed by atoms with E-state index < -0.39 is 11.7 Å². The van der Waals surface area contributed by atoms with Crippen LogP contribution < -0.4 is 4.90 Å². The van der Waals surface area contributed by atoms with Gasteiger partial charge in [-0.1, -0.05) is 12.5 Å². The maximum Gasteiger partial charge on any atom is 0.416 e. The van der Waals surface area contributed by atoms with Crippen LogP contribution in [0.5, 0.6) is 0 Å². The van der Waals surface area contributed by atoms with Crippen molar-refractivity contribution < 1.29 is 22.7 Å². The SMILES string of the molecule is CCOC(=O)CCCCCN1CCN(c2cccc(C(F)(F)F)c2)CC1. The van der Waals surface area contributed by atoms with E-state index in [1.54, 1.807) is 13.0 Å². The number of ether oxygens (including phenoxy) is 1. The molecule has 1 aromatic carbocycles. The molecule has 0 N–H and O–H groups in total. The first-order valence-corrected chi connectivity index (χ1v) is 9.20. The van der Waals surface area contributed by atoms with Gasteiger partial charge in [-0.05, 0) is 44.5 Å². The van der Waals surface area contributed by atoms with Crippen molar-refractivity contribution in [2.45, 2.75) is 38.8 Å². The molecule has 4 nitrogen and oxygen atoms in total. The Balaban J connectivity index is 1.68. The van der Waals surface area contributed by atoms with Crippen molar-refractivity contribution in [3.05, 3.63) is 29.8 Å². The number of esters is 1. The average Bonchev–Trinajstić information content (AvgIpc) is 2.62. The molecule has 0 saturated carbocycles. The third kappa shape index (κ3) is 6.52. The molecule has 1 heterocycles. The smallest absolute Gasteiger partial charge is 0.416 e. The normalized spacial score (nSPS) is 15.9. The number of alkyl halides is 3. The van der Waals surface area contributed by atoms with Gasteiger partial charge in [0.2, 0.25) is 0 Å². The number of hydrogen-bond acceptors (Lipinski definition) is 4. The minimum Gasteiger partial charge on any atom is -0.466 e. The standard InChI is InChI=1S/C19H27F3N2O2/c1-2-26-18(25)9-4-3-5-10-23-11-13-24(14-12-23)17-8-6-7-16(15-17)19(20,21)22/h6-8,15H,2-5,9-14H2,1H3. The van der Waals surface area contributed by atoms with E-state index in [1.807, 2.05) is 4.90 Å². The van der Waals surface area contributed by atoms with E-state index in [4.69, 9.17) is 4.74 Å². The number of anilines is 1. The van der Waals surface area contributed by atoms with Gasteiger partial charge in [-0.15, -0.1) is 0 Å². The molecule has 0 spiro atoms. The quantitative estimate of drug-likeness (QED) is 0.511. The summed E-state index contributed by atoms with van der Waals surface area (Å²) in [5, 5.41) is 0.